The van der Waals surface area contributed by atoms with E-state index in [1.165, 1.54) is 5.56 Å². The molecule has 1 aromatic heterocycles. The van der Waals surface area contributed by atoms with E-state index in [0.717, 1.165) is 27.7 Å². The number of nitrogens with two attached hydrogens (primary N) is 1. The zero-order valence-electron chi connectivity index (χ0n) is 14.4. The molecule has 1 amide bonds. The number of amides is 1. The first-order valence-electron chi connectivity index (χ1n) is 8.09. The van der Waals surface area contributed by atoms with Crippen LogP contribution in [0.5, 0.6) is 0 Å². The number of aryl methyl sites for hydroxylation is 2. The van der Waals surface area contributed by atoms with Crippen molar-refractivity contribution in [1.82, 2.24) is 5.32 Å². The van der Waals surface area contributed by atoms with E-state index in [1.54, 1.807) is 6.26 Å². The number of rotatable bonds is 5. The SMILES string of the molecule is Cc1ccc2c(CC(=O)NCC(N)c3ccccc3)coc2c1C.Cl. The van der Waals surface area contributed by atoms with Crippen molar-refractivity contribution in [2.45, 2.75) is 26.3 Å². The van der Waals surface area contributed by atoms with Crippen LogP contribution in [0, 0.1) is 13.8 Å². The van der Waals surface area contributed by atoms with E-state index in [0.29, 0.717) is 6.54 Å². The van der Waals surface area contributed by atoms with E-state index in [2.05, 4.69) is 18.3 Å². The van der Waals surface area contributed by atoms with E-state index in [-0.39, 0.29) is 30.8 Å². The van der Waals surface area contributed by atoms with Crippen molar-refractivity contribution in [3.05, 3.63) is 71.0 Å². The standard InChI is InChI=1S/C20H22N2O2.ClH/c1-13-8-9-17-16(12-24-20(17)14(13)2)10-19(23)22-11-18(21)15-6-4-3-5-7-15;/h3-9,12,18H,10-11,21H2,1-2H3,(H,22,23);1H. The number of benzene rings is 2. The molecule has 3 aromatic rings. The van der Waals surface area contributed by atoms with Crippen LogP contribution in [-0.4, -0.2) is 12.5 Å². The normalized spacial score (nSPS) is 11.8. The second-order valence-corrected chi connectivity index (χ2v) is 6.14. The molecule has 25 heavy (non-hydrogen) atoms. The zero-order valence-corrected chi connectivity index (χ0v) is 15.2. The Morgan fingerprint density at radius 1 is 1.16 bits per heavy atom. The monoisotopic (exact) mass is 358 g/mol. The Hall–Kier alpha value is -2.30. The van der Waals surface area contributed by atoms with E-state index in [1.807, 2.05) is 43.3 Å². The molecule has 0 aliphatic rings. The van der Waals surface area contributed by atoms with Crippen molar-refractivity contribution in [2.24, 2.45) is 5.73 Å². The summed E-state index contributed by atoms with van der Waals surface area (Å²) < 4.78 is 5.65. The third-order valence-corrected chi connectivity index (χ3v) is 4.44. The molecule has 4 nitrogen and oxygen atoms in total. The van der Waals surface area contributed by atoms with Gasteiger partial charge < -0.3 is 15.5 Å². The summed E-state index contributed by atoms with van der Waals surface area (Å²) in [6.07, 6.45) is 1.96. The molecule has 3 N–H and O–H groups in total. The molecule has 2 aromatic carbocycles. The van der Waals surface area contributed by atoms with Crippen molar-refractivity contribution < 1.29 is 9.21 Å². The first-order valence-corrected chi connectivity index (χ1v) is 8.09. The summed E-state index contributed by atoms with van der Waals surface area (Å²) in [6, 6.07) is 13.6. The second kappa shape index (κ2) is 8.19. The quantitative estimate of drug-likeness (QED) is 0.728. The fraction of sp³-hybridized carbons (Fsp3) is 0.250. The summed E-state index contributed by atoms with van der Waals surface area (Å²) in [6.45, 7) is 4.50. The number of nitrogens with one attached hydrogen (secondary N) is 1. The number of carbonyl (C=O) groups is 1. The van der Waals surface area contributed by atoms with Crippen molar-refractivity contribution in [1.29, 1.82) is 0 Å². The molecule has 0 aliphatic heterocycles. The highest BCUT2D eigenvalue weighted by Gasteiger charge is 2.14. The molecular formula is C20H23ClN2O2. The summed E-state index contributed by atoms with van der Waals surface area (Å²) in [4.78, 5) is 12.2. The average molecular weight is 359 g/mol. The summed E-state index contributed by atoms with van der Waals surface area (Å²) >= 11 is 0. The first-order chi connectivity index (χ1) is 11.6. The zero-order chi connectivity index (χ0) is 17.1. The predicted molar refractivity (Wildman–Crippen MR) is 103 cm³/mol. The maximum atomic E-state index is 12.2. The van der Waals surface area contributed by atoms with Crippen LogP contribution in [0.25, 0.3) is 11.0 Å². The highest BCUT2D eigenvalue weighted by molar-refractivity contribution is 5.89. The molecule has 3 rings (SSSR count). The number of halogens is 1. The smallest absolute Gasteiger partial charge is 0.224 e. The molecule has 132 valence electrons. The lowest BCUT2D eigenvalue weighted by molar-refractivity contribution is -0.120. The van der Waals surface area contributed by atoms with Crippen molar-refractivity contribution >= 4 is 29.3 Å². The molecule has 0 radical (unpaired) electrons. The topological polar surface area (TPSA) is 68.3 Å². The molecule has 0 aliphatic carbocycles. The lowest BCUT2D eigenvalue weighted by Crippen LogP contribution is -2.32. The van der Waals surface area contributed by atoms with Crippen LogP contribution >= 0.6 is 12.4 Å². The van der Waals surface area contributed by atoms with Crippen LogP contribution in [0.3, 0.4) is 0 Å². The Morgan fingerprint density at radius 3 is 2.60 bits per heavy atom. The fourth-order valence-electron chi connectivity index (χ4n) is 2.80. The largest absolute Gasteiger partial charge is 0.464 e. The molecular weight excluding hydrogens is 336 g/mol. The van der Waals surface area contributed by atoms with E-state index < -0.39 is 0 Å². The number of furan rings is 1. The highest BCUT2D eigenvalue weighted by atomic mass is 35.5. The van der Waals surface area contributed by atoms with Gasteiger partial charge in [-0.05, 0) is 30.5 Å². The van der Waals surface area contributed by atoms with Gasteiger partial charge in [0, 0.05) is 23.5 Å². The third kappa shape index (κ3) is 4.21. The van der Waals surface area contributed by atoms with Gasteiger partial charge >= 0.3 is 0 Å². The molecule has 0 saturated carbocycles. The van der Waals surface area contributed by atoms with E-state index in [4.69, 9.17) is 10.2 Å². The minimum Gasteiger partial charge on any atom is -0.464 e. The van der Waals surface area contributed by atoms with Gasteiger partial charge in [-0.25, -0.2) is 0 Å². The highest BCUT2D eigenvalue weighted by Crippen LogP contribution is 2.26. The minimum absolute atomic E-state index is 0. The van der Waals surface area contributed by atoms with Gasteiger partial charge in [0.15, 0.2) is 0 Å². The average Bonchev–Trinajstić information content (AvgIpc) is 3.00. The summed E-state index contributed by atoms with van der Waals surface area (Å²) in [7, 11) is 0. The lowest BCUT2D eigenvalue weighted by Gasteiger charge is -2.13. The van der Waals surface area contributed by atoms with Crippen molar-refractivity contribution in [2.75, 3.05) is 6.54 Å². The fourth-order valence-corrected chi connectivity index (χ4v) is 2.80. The van der Waals surface area contributed by atoms with Gasteiger partial charge in [0.1, 0.15) is 5.58 Å². The summed E-state index contributed by atoms with van der Waals surface area (Å²) in [5, 5.41) is 3.90. The Balaban J connectivity index is 0.00000225. The van der Waals surface area contributed by atoms with Crippen LogP contribution in [-0.2, 0) is 11.2 Å². The van der Waals surface area contributed by atoms with Gasteiger partial charge in [-0.1, -0.05) is 42.5 Å². The van der Waals surface area contributed by atoms with Gasteiger partial charge in [-0.3, -0.25) is 4.79 Å². The molecule has 0 bridgehead atoms. The van der Waals surface area contributed by atoms with Crippen LogP contribution in [0.15, 0.2) is 53.1 Å². The van der Waals surface area contributed by atoms with Gasteiger partial charge in [0.2, 0.25) is 5.91 Å². The Kier molecular flexibility index (Phi) is 6.23. The third-order valence-electron chi connectivity index (χ3n) is 4.44. The van der Waals surface area contributed by atoms with Crippen LogP contribution < -0.4 is 11.1 Å². The van der Waals surface area contributed by atoms with Crippen molar-refractivity contribution in [3.8, 4) is 0 Å². The minimum atomic E-state index is -0.207. The van der Waals surface area contributed by atoms with Gasteiger partial charge in [0.05, 0.1) is 12.7 Å². The van der Waals surface area contributed by atoms with E-state index >= 15 is 0 Å². The Bertz CT molecular complexity index is 859. The Morgan fingerprint density at radius 2 is 1.88 bits per heavy atom. The Labute approximate surface area is 153 Å². The van der Waals surface area contributed by atoms with Gasteiger partial charge in [0.25, 0.3) is 0 Å². The first kappa shape index (κ1) is 19.0. The summed E-state index contributed by atoms with van der Waals surface area (Å²) in [5.41, 5.74) is 11.2. The van der Waals surface area contributed by atoms with E-state index in [9.17, 15) is 4.79 Å². The number of hydrogen-bond acceptors (Lipinski definition) is 3. The molecule has 0 fully saturated rings. The molecule has 1 unspecified atom stereocenters. The van der Waals surface area contributed by atoms with Crippen LogP contribution in [0.4, 0.5) is 0 Å². The number of carbonyl (C=O) groups excluding carboxylic acids is 1. The predicted octanol–water partition coefficient (Wildman–Crippen LogP) is 3.83. The van der Waals surface area contributed by atoms with Gasteiger partial charge in [-0.2, -0.15) is 0 Å². The van der Waals surface area contributed by atoms with Crippen LogP contribution in [0.1, 0.15) is 28.3 Å². The maximum absolute atomic E-state index is 12.2. The molecule has 0 saturated heterocycles. The lowest BCUT2D eigenvalue weighted by atomic mass is 10.0. The number of fused-ring (bicyclic) bond motifs is 1. The maximum Gasteiger partial charge on any atom is 0.224 e. The summed E-state index contributed by atoms with van der Waals surface area (Å²) in [5.74, 6) is -0.0534. The molecule has 1 heterocycles. The molecule has 1 atom stereocenters. The number of hydrogen-bond donors (Lipinski definition) is 2. The van der Waals surface area contributed by atoms with Gasteiger partial charge in [-0.15, -0.1) is 12.4 Å². The molecule has 5 heteroatoms. The molecule has 0 spiro atoms. The van der Waals surface area contributed by atoms with Crippen molar-refractivity contribution in [3.63, 3.8) is 0 Å². The second-order valence-electron chi connectivity index (χ2n) is 6.14. The van der Waals surface area contributed by atoms with Crippen LogP contribution in [0.2, 0.25) is 0 Å².